The molecular formula is C23H26F2N8O2. The van der Waals surface area contributed by atoms with Crippen LogP contribution in [0.3, 0.4) is 0 Å². The summed E-state index contributed by atoms with van der Waals surface area (Å²) < 4.78 is 35.9. The van der Waals surface area contributed by atoms with Crippen LogP contribution in [-0.4, -0.2) is 61.9 Å². The Labute approximate surface area is 200 Å². The second-order valence-electron chi connectivity index (χ2n) is 9.73. The van der Waals surface area contributed by atoms with Crippen molar-refractivity contribution in [1.29, 1.82) is 0 Å². The Kier molecular flexibility index (Phi) is 4.92. The molecule has 1 saturated carbocycles. The Balaban J connectivity index is 1.49. The number of carbonyl (C=O) groups excluding carboxylic acids is 1. The number of halogens is 2. The number of hydrogen-bond acceptors (Lipinski definition) is 8. The van der Waals surface area contributed by atoms with Gasteiger partial charge in [0.1, 0.15) is 11.9 Å². The molecule has 2 aliphatic heterocycles. The Morgan fingerprint density at radius 2 is 2.09 bits per heavy atom. The van der Waals surface area contributed by atoms with Crippen LogP contribution in [0.25, 0.3) is 16.7 Å². The molecule has 1 aliphatic carbocycles. The number of ether oxygens (including phenoxy) is 1. The molecular weight excluding hydrogens is 458 g/mol. The van der Waals surface area contributed by atoms with E-state index in [0.717, 1.165) is 57.6 Å². The van der Waals surface area contributed by atoms with Gasteiger partial charge in [-0.3, -0.25) is 4.79 Å². The number of anilines is 2. The first kappa shape index (κ1) is 22.1. The van der Waals surface area contributed by atoms with Crippen molar-refractivity contribution in [2.45, 2.75) is 57.1 Å². The van der Waals surface area contributed by atoms with Crippen LogP contribution >= 0.6 is 0 Å². The van der Waals surface area contributed by atoms with Crippen molar-refractivity contribution in [3.05, 3.63) is 24.2 Å². The van der Waals surface area contributed by atoms with Crippen LogP contribution in [0.15, 0.2) is 18.3 Å². The fourth-order valence-corrected chi connectivity index (χ4v) is 4.67. The molecule has 3 aromatic rings. The molecule has 12 heteroatoms. The second kappa shape index (κ2) is 7.80. The first-order chi connectivity index (χ1) is 16.7. The third-order valence-electron chi connectivity index (χ3n) is 6.72. The van der Waals surface area contributed by atoms with E-state index in [1.54, 1.807) is 12.3 Å². The van der Waals surface area contributed by atoms with E-state index in [4.69, 9.17) is 9.84 Å². The second-order valence-corrected chi connectivity index (χ2v) is 9.73. The Morgan fingerprint density at radius 1 is 1.29 bits per heavy atom. The lowest BCUT2D eigenvalue weighted by atomic mass is 9.87. The molecule has 0 bridgehead atoms. The summed E-state index contributed by atoms with van der Waals surface area (Å²) in [6, 6.07) is 3.20. The van der Waals surface area contributed by atoms with E-state index >= 15 is 0 Å². The quantitative estimate of drug-likeness (QED) is 0.550. The Morgan fingerprint density at radius 3 is 2.71 bits per heavy atom. The minimum absolute atomic E-state index is 0.0210. The summed E-state index contributed by atoms with van der Waals surface area (Å²) in [7, 11) is 0. The number of amides is 1. The smallest absolute Gasteiger partial charge is 0.304 e. The highest BCUT2D eigenvalue weighted by atomic mass is 19.3. The van der Waals surface area contributed by atoms with Gasteiger partial charge in [0.05, 0.1) is 10.9 Å². The summed E-state index contributed by atoms with van der Waals surface area (Å²) in [5.74, 6) is -2.88. The van der Waals surface area contributed by atoms with Crippen molar-refractivity contribution in [3.63, 3.8) is 0 Å². The number of aromatic nitrogens is 5. The van der Waals surface area contributed by atoms with Gasteiger partial charge in [0.2, 0.25) is 17.6 Å². The average molecular weight is 485 g/mol. The van der Waals surface area contributed by atoms with Gasteiger partial charge < -0.3 is 20.3 Å². The zero-order chi connectivity index (χ0) is 24.4. The summed E-state index contributed by atoms with van der Waals surface area (Å²) in [4.78, 5) is 26.3. The summed E-state index contributed by atoms with van der Waals surface area (Å²) in [6.07, 6.45) is 5.46. The first-order valence-corrected chi connectivity index (χ1v) is 11.8. The summed E-state index contributed by atoms with van der Waals surface area (Å²) in [6.45, 7) is 4.76. The zero-order valence-electron chi connectivity index (χ0n) is 19.5. The van der Waals surface area contributed by atoms with Crippen molar-refractivity contribution < 1.29 is 18.3 Å². The lowest BCUT2D eigenvalue weighted by molar-refractivity contribution is -0.114. The number of fused-ring (bicyclic) bond motifs is 1. The van der Waals surface area contributed by atoms with Gasteiger partial charge >= 0.3 is 5.92 Å². The molecule has 1 atom stereocenters. The molecule has 6 rings (SSSR count). The summed E-state index contributed by atoms with van der Waals surface area (Å²) in [5.41, 5.74) is 0.680. The molecule has 184 valence electrons. The number of pyridine rings is 1. The maximum atomic E-state index is 14.3. The normalized spacial score (nSPS) is 22.0. The highest BCUT2D eigenvalue weighted by Gasteiger charge is 2.43. The molecule has 5 heterocycles. The molecule has 1 amide bonds. The van der Waals surface area contributed by atoms with Gasteiger partial charge in [-0.25, -0.2) is 14.6 Å². The highest BCUT2D eigenvalue weighted by Crippen LogP contribution is 2.37. The monoisotopic (exact) mass is 484 g/mol. The Bertz CT molecular complexity index is 1310. The molecule has 0 aromatic carbocycles. The molecule has 1 unspecified atom stereocenters. The van der Waals surface area contributed by atoms with Crippen LogP contribution in [0.2, 0.25) is 0 Å². The van der Waals surface area contributed by atoms with E-state index in [9.17, 15) is 13.6 Å². The number of nitrogens with one attached hydrogen (secondary N) is 2. The van der Waals surface area contributed by atoms with Crippen LogP contribution in [0.5, 0.6) is 5.88 Å². The first-order valence-electron chi connectivity index (χ1n) is 11.8. The maximum absolute atomic E-state index is 14.3. The van der Waals surface area contributed by atoms with Crippen molar-refractivity contribution in [1.82, 2.24) is 30.0 Å². The predicted octanol–water partition coefficient (Wildman–Crippen LogP) is 2.76. The van der Waals surface area contributed by atoms with Crippen molar-refractivity contribution in [3.8, 4) is 11.7 Å². The molecule has 3 fully saturated rings. The molecule has 2 N–H and O–H groups in total. The van der Waals surface area contributed by atoms with Crippen molar-refractivity contribution >= 4 is 28.4 Å². The SMILES string of the molecule is CC(=O)Nc1cc2c(cn1)c(N1CCC3(CCN3)C1)nn2-c1cc(OC2CC2)nc(C(C)(F)F)n1. The van der Waals surface area contributed by atoms with Gasteiger partial charge in [0, 0.05) is 50.8 Å². The van der Waals surface area contributed by atoms with Gasteiger partial charge in [0.15, 0.2) is 11.6 Å². The van der Waals surface area contributed by atoms with Crippen molar-refractivity contribution in [2.75, 3.05) is 29.9 Å². The standard InChI is InChI=1S/C23H26F2N8O2/c1-13(34)28-17-9-16-15(11-26-17)20(32-8-6-23(12-32)5-7-27-23)31-33(16)18-10-19(35-14-3-4-14)30-21(29-18)22(2,24)25/h9-11,14,27H,3-8,12H2,1-2H3,(H,26,28,34). The van der Waals surface area contributed by atoms with Crippen LogP contribution < -0.4 is 20.3 Å². The van der Waals surface area contributed by atoms with Crippen LogP contribution in [0.4, 0.5) is 20.4 Å². The van der Waals surface area contributed by atoms with E-state index < -0.39 is 11.7 Å². The number of hydrogen-bond donors (Lipinski definition) is 2. The minimum Gasteiger partial charge on any atom is -0.474 e. The zero-order valence-corrected chi connectivity index (χ0v) is 19.5. The predicted molar refractivity (Wildman–Crippen MR) is 124 cm³/mol. The fraction of sp³-hybridized carbons (Fsp3) is 0.522. The van der Waals surface area contributed by atoms with Crippen LogP contribution in [0.1, 0.15) is 45.4 Å². The van der Waals surface area contributed by atoms with Gasteiger partial charge in [-0.2, -0.15) is 13.8 Å². The third kappa shape index (κ3) is 4.15. The lowest BCUT2D eigenvalue weighted by Crippen LogP contribution is -2.58. The topological polar surface area (TPSA) is 110 Å². The molecule has 10 nitrogen and oxygen atoms in total. The molecule has 1 spiro atoms. The molecule has 0 radical (unpaired) electrons. The van der Waals surface area contributed by atoms with E-state index in [0.29, 0.717) is 17.2 Å². The van der Waals surface area contributed by atoms with E-state index in [1.807, 2.05) is 0 Å². The van der Waals surface area contributed by atoms with E-state index in [2.05, 4.69) is 30.5 Å². The maximum Gasteiger partial charge on any atom is 0.304 e. The summed E-state index contributed by atoms with van der Waals surface area (Å²) >= 11 is 0. The Hall–Kier alpha value is -3.41. The van der Waals surface area contributed by atoms with Gasteiger partial charge in [-0.05, 0) is 32.2 Å². The van der Waals surface area contributed by atoms with Crippen LogP contribution in [0, 0.1) is 0 Å². The third-order valence-corrected chi connectivity index (χ3v) is 6.72. The summed E-state index contributed by atoms with van der Waals surface area (Å²) in [5, 5.41) is 11.8. The largest absolute Gasteiger partial charge is 0.474 e. The average Bonchev–Trinajstić information content (AvgIpc) is 3.32. The number of nitrogens with zero attached hydrogens (tertiary/aromatic N) is 6. The number of alkyl halides is 2. The molecule has 35 heavy (non-hydrogen) atoms. The highest BCUT2D eigenvalue weighted by molar-refractivity contribution is 5.95. The lowest BCUT2D eigenvalue weighted by Gasteiger charge is -2.39. The molecule has 3 aliphatic rings. The number of rotatable bonds is 6. The van der Waals surface area contributed by atoms with Crippen LogP contribution in [-0.2, 0) is 10.7 Å². The van der Waals surface area contributed by atoms with E-state index in [1.165, 1.54) is 17.7 Å². The fourth-order valence-electron chi connectivity index (χ4n) is 4.67. The van der Waals surface area contributed by atoms with Gasteiger partial charge in [0.25, 0.3) is 0 Å². The van der Waals surface area contributed by atoms with Crippen molar-refractivity contribution in [2.24, 2.45) is 0 Å². The molecule has 2 saturated heterocycles. The van der Waals surface area contributed by atoms with Gasteiger partial charge in [-0.15, -0.1) is 5.10 Å². The van der Waals surface area contributed by atoms with E-state index in [-0.39, 0.29) is 29.2 Å². The molecule has 3 aromatic heterocycles. The minimum atomic E-state index is -3.26. The van der Waals surface area contributed by atoms with Gasteiger partial charge in [-0.1, -0.05) is 0 Å². The number of carbonyl (C=O) groups is 1.